The van der Waals surface area contributed by atoms with E-state index in [4.69, 9.17) is 14.2 Å². The van der Waals surface area contributed by atoms with Crippen molar-refractivity contribution in [3.63, 3.8) is 0 Å². The van der Waals surface area contributed by atoms with Gasteiger partial charge in [0.15, 0.2) is 11.4 Å². The molecule has 1 saturated heterocycles. The van der Waals surface area contributed by atoms with Gasteiger partial charge in [0.1, 0.15) is 0 Å². The zero-order valence-corrected chi connectivity index (χ0v) is 9.24. The zero-order valence-electron chi connectivity index (χ0n) is 9.24. The zero-order chi connectivity index (χ0) is 11.5. The summed E-state index contributed by atoms with van der Waals surface area (Å²) in [6.07, 6.45) is 0.709. The topological polar surface area (TPSA) is 54.0 Å². The fraction of sp³-hybridized carbons (Fsp3) is 0.700. The number of carbonyl (C=O) groups excluding carboxylic acids is 1. The van der Waals surface area contributed by atoms with Gasteiger partial charge in [0, 0.05) is 0 Å². The number of hydrogen-bond donors (Lipinski definition) is 0. The lowest BCUT2D eigenvalue weighted by Crippen LogP contribution is -2.52. The van der Waals surface area contributed by atoms with Crippen LogP contribution in [0.3, 0.4) is 0 Å². The second kappa shape index (κ2) is 4.20. The van der Waals surface area contributed by atoms with E-state index in [0.29, 0.717) is 0 Å². The molecule has 1 rings (SSSR count). The molecule has 0 aliphatic carbocycles. The predicted molar refractivity (Wildman–Crippen MR) is 52.4 cm³/mol. The molecule has 0 N–H and O–H groups in total. The normalized spacial score (nSPS) is 22.9. The molecule has 0 amide bonds. The Morgan fingerprint density at radius 1 is 1.40 bits per heavy atom. The fourth-order valence-electron chi connectivity index (χ4n) is 1.10. The molecule has 1 heterocycles. The maximum Gasteiger partial charge on any atom is 0.509 e. The number of carbonyl (C=O) groups is 1. The highest BCUT2D eigenvalue weighted by Gasteiger charge is 2.41. The molecule has 0 aromatic rings. The lowest BCUT2D eigenvalue weighted by molar-refractivity contribution is -0.291. The third kappa shape index (κ3) is 2.94. The highest BCUT2D eigenvalue weighted by molar-refractivity contribution is 5.60. The molecule has 5 heteroatoms. The molecular formula is C10H16O5. The number of rotatable bonds is 2. The Morgan fingerprint density at radius 2 is 1.93 bits per heavy atom. The van der Waals surface area contributed by atoms with Crippen molar-refractivity contribution < 1.29 is 23.7 Å². The maximum atomic E-state index is 11.0. The Kier molecular flexibility index (Phi) is 3.36. The van der Waals surface area contributed by atoms with Gasteiger partial charge in [-0.1, -0.05) is 6.58 Å². The Labute approximate surface area is 88.9 Å². The van der Waals surface area contributed by atoms with Crippen molar-refractivity contribution in [1.29, 1.82) is 0 Å². The van der Waals surface area contributed by atoms with Gasteiger partial charge in [-0.2, -0.15) is 0 Å². The standard InChI is InChI=1S/C10H16O5/c1-5-10(15-8(11)12-4)6-13-9(2,3)14-7-10/h5H,1,6-7H2,2-4H3. The van der Waals surface area contributed by atoms with Gasteiger partial charge in [-0.15, -0.1) is 0 Å². The van der Waals surface area contributed by atoms with E-state index < -0.39 is 17.5 Å². The summed E-state index contributed by atoms with van der Waals surface area (Å²) in [5, 5.41) is 0. The molecule has 5 nitrogen and oxygen atoms in total. The van der Waals surface area contributed by atoms with Gasteiger partial charge < -0.3 is 18.9 Å². The number of hydrogen-bond acceptors (Lipinski definition) is 5. The molecule has 0 radical (unpaired) electrons. The second-order valence-electron chi connectivity index (χ2n) is 3.80. The predicted octanol–water partition coefficient (Wildman–Crippen LogP) is 1.48. The van der Waals surface area contributed by atoms with Crippen molar-refractivity contribution in [1.82, 2.24) is 0 Å². The Bertz CT molecular complexity index is 249. The van der Waals surface area contributed by atoms with E-state index in [0.717, 1.165) is 0 Å². The van der Waals surface area contributed by atoms with Gasteiger partial charge in [-0.05, 0) is 19.9 Å². The second-order valence-corrected chi connectivity index (χ2v) is 3.80. The van der Waals surface area contributed by atoms with E-state index in [1.165, 1.54) is 13.2 Å². The monoisotopic (exact) mass is 216 g/mol. The summed E-state index contributed by atoms with van der Waals surface area (Å²) in [5.41, 5.74) is -0.956. The molecule has 0 aromatic heterocycles. The molecule has 0 spiro atoms. The average Bonchev–Trinajstić information content (AvgIpc) is 2.22. The van der Waals surface area contributed by atoms with Crippen LogP contribution in [-0.2, 0) is 18.9 Å². The lowest BCUT2D eigenvalue weighted by Gasteiger charge is -2.40. The molecular weight excluding hydrogens is 200 g/mol. The minimum Gasteiger partial charge on any atom is -0.438 e. The number of methoxy groups -OCH3 is 1. The summed E-state index contributed by atoms with van der Waals surface area (Å²) >= 11 is 0. The van der Waals surface area contributed by atoms with E-state index in [-0.39, 0.29) is 13.2 Å². The highest BCUT2D eigenvalue weighted by atomic mass is 16.8. The maximum absolute atomic E-state index is 11.0. The van der Waals surface area contributed by atoms with Gasteiger partial charge in [0.25, 0.3) is 0 Å². The van der Waals surface area contributed by atoms with Gasteiger partial charge >= 0.3 is 6.16 Å². The Balaban J connectivity index is 2.64. The van der Waals surface area contributed by atoms with Crippen LogP contribution in [0.2, 0.25) is 0 Å². The SMILES string of the molecule is C=CC1(OC(=O)OC)COC(C)(C)OC1. The summed E-state index contributed by atoms with van der Waals surface area (Å²) in [6, 6.07) is 0. The molecule has 15 heavy (non-hydrogen) atoms. The summed E-state index contributed by atoms with van der Waals surface area (Å²) in [5.74, 6) is -0.661. The third-order valence-corrected chi connectivity index (χ3v) is 2.15. The molecule has 0 aromatic carbocycles. The van der Waals surface area contributed by atoms with Gasteiger partial charge in [-0.25, -0.2) is 4.79 Å². The third-order valence-electron chi connectivity index (χ3n) is 2.15. The van der Waals surface area contributed by atoms with Crippen molar-refractivity contribution in [2.45, 2.75) is 25.2 Å². The van der Waals surface area contributed by atoms with Crippen molar-refractivity contribution in [2.75, 3.05) is 20.3 Å². The molecule has 1 aliphatic rings. The van der Waals surface area contributed by atoms with Crippen molar-refractivity contribution in [2.24, 2.45) is 0 Å². The number of ether oxygens (including phenoxy) is 4. The van der Waals surface area contributed by atoms with E-state index in [1.54, 1.807) is 13.8 Å². The minimum absolute atomic E-state index is 0.207. The van der Waals surface area contributed by atoms with E-state index in [9.17, 15) is 4.79 Å². The van der Waals surface area contributed by atoms with Crippen LogP contribution in [0.15, 0.2) is 12.7 Å². The van der Waals surface area contributed by atoms with E-state index in [2.05, 4.69) is 11.3 Å². The van der Waals surface area contributed by atoms with Crippen LogP contribution in [-0.4, -0.2) is 37.9 Å². The van der Waals surface area contributed by atoms with Gasteiger partial charge in [0.05, 0.1) is 20.3 Å². The lowest BCUT2D eigenvalue weighted by atomic mass is 10.1. The first-order valence-corrected chi connectivity index (χ1v) is 4.61. The van der Waals surface area contributed by atoms with Crippen molar-refractivity contribution >= 4 is 6.16 Å². The van der Waals surface area contributed by atoms with Crippen molar-refractivity contribution in [3.05, 3.63) is 12.7 Å². The summed E-state index contributed by atoms with van der Waals surface area (Å²) in [4.78, 5) is 11.0. The summed E-state index contributed by atoms with van der Waals surface area (Å²) < 4.78 is 20.2. The molecule has 0 unspecified atom stereocenters. The summed E-state index contributed by atoms with van der Waals surface area (Å²) in [7, 11) is 1.24. The molecule has 1 aliphatic heterocycles. The van der Waals surface area contributed by atoms with Crippen LogP contribution in [0.4, 0.5) is 4.79 Å². The largest absolute Gasteiger partial charge is 0.509 e. The van der Waals surface area contributed by atoms with Crippen LogP contribution in [0.1, 0.15) is 13.8 Å². The van der Waals surface area contributed by atoms with E-state index >= 15 is 0 Å². The molecule has 1 fully saturated rings. The van der Waals surface area contributed by atoms with Crippen LogP contribution in [0.5, 0.6) is 0 Å². The summed E-state index contributed by atoms with van der Waals surface area (Å²) in [6.45, 7) is 7.59. The van der Waals surface area contributed by atoms with Crippen LogP contribution in [0.25, 0.3) is 0 Å². The van der Waals surface area contributed by atoms with Crippen LogP contribution >= 0.6 is 0 Å². The first-order chi connectivity index (χ1) is 6.93. The van der Waals surface area contributed by atoms with Crippen LogP contribution < -0.4 is 0 Å². The smallest absolute Gasteiger partial charge is 0.438 e. The molecule has 0 bridgehead atoms. The quantitative estimate of drug-likeness (QED) is 0.517. The van der Waals surface area contributed by atoms with E-state index in [1.807, 2.05) is 0 Å². The van der Waals surface area contributed by atoms with Gasteiger partial charge in [0.2, 0.25) is 0 Å². The molecule has 0 atom stereocenters. The first kappa shape index (κ1) is 12.0. The molecule has 0 saturated carbocycles. The highest BCUT2D eigenvalue weighted by Crippen LogP contribution is 2.27. The Morgan fingerprint density at radius 3 is 2.33 bits per heavy atom. The molecule has 86 valence electrons. The van der Waals surface area contributed by atoms with Gasteiger partial charge in [-0.3, -0.25) is 0 Å². The minimum atomic E-state index is -0.956. The van der Waals surface area contributed by atoms with Crippen LogP contribution in [0, 0.1) is 0 Å². The fourth-order valence-corrected chi connectivity index (χ4v) is 1.10. The average molecular weight is 216 g/mol. The van der Waals surface area contributed by atoms with Crippen molar-refractivity contribution in [3.8, 4) is 0 Å². The Hall–Kier alpha value is -1.07. The first-order valence-electron chi connectivity index (χ1n) is 4.61.